The number of fused-ring (bicyclic) bond motifs is 1. The van der Waals surface area contributed by atoms with Gasteiger partial charge in [-0.15, -0.1) is 0 Å². The summed E-state index contributed by atoms with van der Waals surface area (Å²) in [6.45, 7) is 3.52. The summed E-state index contributed by atoms with van der Waals surface area (Å²) in [6.07, 6.45) is 0. The molecule has 0 saturated carbocycles. The number of thiocarbonyl (C=S) groups is 1. The van der Waals surface area contributed by atoms with E-state index in [-0.39, 0.29) is 16.4 Å². The van der Waals surface area contributed by atoms with Crippen molar-refractivity contribution in [1.82, 2.24) is 10.3 Å². The predicted octanol–water partition coefficient (Wildman–Crippen LogP) is 3.89. The van der Waals surface area contributed by atoms with Crippen LogP contribution in [0.4, 0.5) is 11.4 Å². The molecule has 8 heteroatoms. The SMILES string of the molecule is Cc1ccc2c(NC(=S)NC(=O)c3ccc(C)c([N+](=O)[O-])c3)cccc2n1. The van der Waals surface area contributed by atoms with Crippen molar-refractivity contribution in [2.24, 2.45) is 0 Å². The molecule has 1 amide bonds. The standard InChI is InChI=1S/C19H16N4O3S/c1-11-6-8-13(10-17(11)23(25)26)18(24)22-19(27)21-16-5-3-4-15-14(16)9-7-12(2)20-15/h3-10H,1-2H3,(H2,21,22,24,27). The number of aromatic nitrogens is 1. The fourth-order valence-electron chi connectivity index (χ4n) is 2.64. The topological polar surface area (TPSA) is 97.2 Å². The first-order chi connectivity index (χ1) is 12.8. The van der Waals surface area contributed by atoms with E-state index in [4.69, 9.17) is 12.2 Å². The molecular weight excluding hydrogens is 364 g/mol. The summed E-state index contributed by atoms with van der Waals surface area (Å²) in [5.41, 5.74) is 2.94. The molecule has 0 fully saturated rings. The van der Waals surface area contributed by atoms with Crippen LogP contribution in [0.5, 0.6) is 0 Å². The molecule has 3 rings (SSSR count). The number of benzene rings is 2. The average Bonchev–Trinajstić information content (AvgIpc) is 2.61. The van der Waals surface area contributed by atoms with E-state index in [1.54, 1.807) is 6.92 Å². The van der Waals surface area contributed by atoms with Crippen LogP contribution in [0.25, 0.3) is 10.9 Å². The molecular formula is C19H16N4O3S. The van der Waals surface area contributed by atoms with Crippen LogP contribution < -0.4 is 10.6 Å². The third-order valence-electron chi connectivity index (χ3n) is 4.01. The molecule has 0 saturated heterocycles. The lowest BCUT2D eigenvalue weighted by atomic mass is 10.1. The Bertz CT molecular complexity index is 1080. The van der Waals surface area contributed by atoms with Crippen molar-refractivity contribution in [3.8, 4) is 0 Å². The van der Waals surface area contributed by atoms with Crippen LogP contribution in [-0.4, -0.2) is 20.9 Å². The zero-order chi connectivity index (χ0) is 19.6. The van der Waals surface area contributed by atoms with Gasteiger partial charge in [-0.2, -0.15) is 0 Å². The van der Waals surface area contributed by atoms with Crippen LogP contribution in [0.1, 0.15) is 21.6 Å². The van der Waals surface area contributed by atoms with Crippen LogP contribution in [-0.2, 0) is 0 Å². The number of nitro benzene ring substituents is 1. The van der Waals surface area contributed by atoms with Gasteiger partial charge in [0.2, 0.25) is 0 Å². The summed E-state index contributed by atoms with van der Waals surface area (Å²) < 4.78 is 0. The van der Waals surface area contributed by atoms with E-state index in [2.05, 4.69) is 15.6 Å². The summed E-state index contributed by atoms with van der Waals surface area (Å²) >= 11 is 5.21. The van der Waals surface area contributed by atoms with E-state index in [0.717, 1.165) is 16.6 Å². The maximum atomic E-state index is 12.4. The lowest BCUT2D eigenvalue weighted by Gasteiger charge is -2.12. The van der Waals surface area contributed by atoms with Crippen LogP contribution in [0.3, 0.4) is 0 Å². The second kappa shape index (κ2) is 7.46. The van der Waals surface area contributed by atoms with Gasteiger partial charge in [-0.1, -0.05) is 12.1 Å². The zero-order valence-corrected chi connectivity index (χ0v) is 15.5. The number of nitrogens with one attached hydrogen (secondary N) is 2. The minimum Gasteiger partial charge on any atom is -0.332 e. The van der Waals surface area contributed by atoms with Crippen molar-refractivity contribution < 1.29 is 9.72 Å². The highest BCUT2D eigenvalue weighted by Gasteiger charge is 2.16. The van der Waals surface area contributed by atoms with Crippen LogP contribution in [0.2, 0.25) is 0 Å². The van der Waals surface area contributed by atoms with Gasteiger partial charge < -0.3 is 5.32 Å². The third-order valence-corrected chi connectivity index (χ3v) is 4.22. The van der Waals surface area contributed by atoms with Gasteiger partial charge >= 0.3 is 0 Å². The number of nitro groups is 1. The molecule has 0 radical (unpaired) electrons. The molecule has 0 aliphatic heterocycles. The number of rotatable bonds is 3. The Labute approximate surface area is 160 Å². The molecule has 2 N–H and O–H groups in total. The van der Waals surface area contributed by atoms with Gasteiger partial charge in [0.15, 0.2) is 5.11 Å². The summed E-state index contributed by atoms with van der Waals surface area (Å²) in [5.74, 6) is -0.523. The Morgan fingerprint density at radius 2 is 1.93 bits per heavy atom. The van der Waals surface area contributed by atoms with Crippen molar-refractivity contribution in [3.05, 3.63) is 75.5 Å². The zero-order valence-electron chi connectivity index (χ0n) is 14.6. The minimum atomic E-state index is -0.523. The van der Waals surface area contributed by atoms with Gasteiger partial charge in [0, 0.05) is 34.0 Å². The van der Waals surface area contributed by atoms with E-state index in [1.807, 2.05) is 37.3 Å². The smallest absolute Gasteiger partial charge is 0.273 e. The van der Waals surface area contributed by atoms with Gasteiger partial charge in [0.25, 0.3) is 11.6 Å². The highest BCUT2D eigenvalue weighted by molar-refractivity contribution is 7.80. The van der Waals surface area contributed by atoms with Crippen molar-refractivity contribution in [1.29, 1.82) is 0 Å². The fraction of sp³-hybridized carbons (Fsp3) is 0.105. The Morgan fingerprint density at radius 1 is 1.15 bits per heavy atom. The summed E-state index contributed by atoms with van der Waals surface area (Å²) in [7, 11) is 0. The molecule has 1 aromatic heterocycles. The summed E-state index contributed by atoms with van der Waals surface area (Å²) in [5, 5.41) is 17.5. The maximum Gasteiger partial charge on any atom is 0.273 e. The lowest BCUT2D eigenvalue weighted by Crippen LogP contribution is -2.34. The largest absolute Gasteiger partial charge is 0.332 e. The van der Waals surface area contributed by atoms with E-state index >= 15 is 0 Å². The van der Waals surface area contributed by atoms with Gasteiger partial charge in [0.1, 0.15) is 0 Å². The Morgan fingerprint density at radius 3 is 2.67 bits per heavy atom. The first-order valence-corrected chi connectivity index (χ1v) is 8.50. The molecule has 0 spiro atoms. The average molecular weight is 380 g/mol. The molecule has 2 aromatic carbocycles. The number of aryl methyl sites for hydroxylation is 2. The Kier molecular flexibility index (Phi) is 5.09. The number of carbonyl (C=O) groups excluding carboxylic acids is 1. The predicted molar refractivity (Wildman–Crippen MR) is 108 cm³/mol. The fourth-order valence-corrected chi connectivity index (χ4v) is 2.84. The maximum absolute atomic E-state index is 12.4. The second-order valence-corrected chi connectivity index (χ2v) is 6.40. The van der Waals surface area contributed by atoms with Gasteiger partial charge in [-0.3, -0.25) is 25.2 Å². The van der Waals surface area contributed by atoms with Crippen molar-refractivity contribution >= 4 is 45.5 Å². The van der Waals surface area contributed by atoms with E-state index in [0.29, 0.717) is 11.3 Å². The number of pyridine rings is 1. The molecule has 0 bridgehead atoms. The van der Waals surface area contributed by atoms with Crippen molar-refractivity contribution in [2.75, 3.05) is 5.32 Å². The molecule has 136 valence electrons. The number of hydrogen-bond donors (Lipinski definition) is 2. The Balaban J connectivity index is 1.78. The molecule has 0 aliphatic carbocycles. The lowest BCUT2D eigenvalue weighted by molar-refractivity contribution is -0.385. The first-order valence-electron chi connectivity index (χ1n) is 8.09. The van der Waals surface area contributed by atoms with Gasteiger partial charge in [0.05, 0.1) is 10.4 Å². The molecule has 0 unspecified atom stereocenters. The van der Waals surface area contributed by atoms with E-state index in [9.17, 15) is 14.9 Å². The van der Waals surface area contributed by atoms with Crippen molar-refractivity contribution in [3.63, 3.8) is 0 Å². The first kappa shape index (κ1) is 18.4. The van der Waals surface area contributed by atoms with Crippen LogP contribution in [0.15, 0.2) is 48.5 Å². The molecule has 3 aromatic rings. The van der Waals surface area contributed by atoms with E-state index in [1.165, 1.54) is 18.2 Å². The quantitative estimate of drug-likeness (QED) is 0.406. The number of hydrogen-bond acceptors (Lipinski definition) is 5. The number of anilines is 1. The molecule has 27 heavy (non-hydrogen) atoms. The molecule has 7 nitrogen and oxygen atoms in total. The van der Waals surface area contributed by atoms with Gasteiger partial charge in [-0.25, -0.2) is 0 Å². The second-order valence-electron chi connectivity index (χ2n) is 5.99. The van der Waals surface area contributed by atoms with Gasteiger partial charge in [-0.05, 0) is 56.4 Å². The normalized spacial score (nSPS) is 10.4. The molecule has 0 aliphatic rings. The summed E-state index contributed by atoms with van der Waals surface area (Å²) in [6, 6.07) is 13.7. The number of carbonyl (C=O) groups is 1. The molecule has 1 heterocycles. The number of amides is 1. The van der Waals surface area contributed by atoms with Crippen LogP contribution in [0, 0.1) is 24.0 Å². The highest BCUT2D eigenvalue weighted by atomic mass is 32.1. The highest BCUT2D eigenvalue weighted by Crippen LogP contribution is 2.22. The van der Waals surface area contributed by atoms with E-state index < -0.39 is 10.8 Å². The summed E-state index contributed by atoms with van der Waals surface area (Å²) in [4.78, 5) is 27.3. The third kappa shape index (κ3) is 4.06. The number of nitrogens with zero attached hydrogens (tertiary/aromatic N) is 2. The minimum absolute atomic E-state index is 0.0938. The van der Waals surface area contributed by atoms with Crippen molar-refractivity contribution in [2.45, 2.75) is 13.8 Å². The monoisotopic (exact) mass is 380 g/mol. The Hall–Kier alpha value is -3.39. The van der Waals surface area contributed by atoms with Crippen LogP contribution >= 0.6 is 12.2 Å². The molecule has 0 atom stereocenters.